The molecule has 0 fully saturated rings. The summed E-state index contributed by atoms with van der Waals surface area (Å²) in [6.07, 6.45) is 1.55. The molecule has 0 aromatic carbocycles. The fourth-order valence-electron chi connectivity index (χ4n) is 3.03. The summed E-state index contributed by atoms with van der Waals surface area (Å²) >= 11 is 1.52. The summed E-state index contributed by atoms with van der Waals surface area (Å²) in [5, 5.41) is 22.8. The van der Waals surface area contributed by atoms with Gasteiger partial charge in [-0.15, -0.1) is 10.2 Å². The molecule has 26 heavy (non-hydrogen) atoms. The van der Waals surface area contributed by atoms with Crippen LogP contribution in [-0.2, 0) is 19.9 Å². The molecular formula is C17H21N7OS. The molecule has 0 N–H and O–H groups in total. The van der Waals surface area contributed by atoms with Gasteiger partial charge in [-0.05, 0) is 32.3 Å². The Bertz CT molecular complexity index is 1050. The van der Waals surface area contributed by atoms with Gasteiger partial charge in [-0.3, -0.25) is 4.68 Å². The van der Waals surface area contributed by atoms with Gasteiger partial charge in [0.25, 0.3) is 0 Å². The van der Waals surface area contributed by atoms with Crippen molar-refractivity contribution in [3.63, 3.8) is 0 Å². The van der Waals surface area contributed by atoms with Crippen LogP contribution in [0.15, 0.2) is 10.6 Å². The first-order chi connectivity index (χ1) is 12.4. The summed E-state index contributed by atoms with van der Waals surface area (Å²) in [6.45, 7) is 8.23. The van der Waals surface area contributed by atoms with Crippen LogP contribution in [0.4, 0.5) is 0 Å². The van der Waals surface area contributed by atoms with Crippen LogP contribution in [-0.4, -0.2) is 34.7 Å². The van der Waals surface area contributed by atoms with Crippen molar-refractivity contribution >= 4 is 16.3 Å². The largest absolute Gasteiger partial charge is 0.361 e. The molecule has 4 aromatic heterocycles. The highest BCUT2D eigenvalue weighted by Crippen LogP contribution is 2.27. The van der Waals surface area contributed by atoms with Crippen molar-refractivity contribution in [3.8, 4) is 10.7 Å². The van der Waals surface area contributed by atoms with Gasteiger partial charge in [0.2, 0.25) is 4.96 Å². The minimum absolute atomic E-state index is 0.567. The van der Waals surface area contributed by atoms with Gasteiger partial charge >= 0.3 is 0 Å². The lowest BCUT2D eigenvalue weighted by molar-refractivity contribution is 0.392. The summed E-state index contributed by atoms with van der Waals surface area (Å²) in [7, 11) is 1.95. The zero-order valence-corrected chi connectivity index (χ0v) is 16.3. The normalized spacial score (nSPS) is 11.9. The van der Waals surface area contributed by atoms with Crippen molar-refractivity contribution in [2.24, 2.45) is 13.0 Å². The van der Waals surface area contributed by atoms with Gasteiger partial charge in [0.05, 0.1) is 17.1 Å². The smallest absolute Gasteiger partial charge is 0.235 e. The molecule has 4 aromatic rings. The summed E-state index contributed by atoms with van der Waals surface area (Å²) < 4.78 is 8.94. The zero-order chi connectivity index (χ0) is 18.4. The van der Waals surface area contributed by atoms with E-state index in [2.05, 4.69) is 40.4 Å². The van der Waals surface area contributed by atoms with Crippen LogP contribution in [0.25, 0.3) is 15.7 Å². The molecule has 0 aliphatic carbocycles. The standard InChI is InChI=1S/C17H21N7OS/c1-9(2)6-12-7-14(23(5)20-12)16-21-24-15(18-19-17(24)26-16)8-13-10(3)22-25-11(13)4/h7,9H,6,8H2,1-5H3. The minimum atomic E-state index is 0.567. The van der Waals surface area contributed by atoms with E-state index >= 15 is 0 Å². The third kappa shape index (κ3) is 2.92. The van der Waals surface area contributed by atoms with E-state index in [1.165, 1.54) is 11.3 Å². The maximum atomic E-state index is 5.24. The van der Waals surface area contributed by atoms with E-state index in [4.69, 9.17) is 9.62 Å². The molecule has 0 saturated heterocycles. The molecule has 0 unspecified atom stereocenters. The molecule has 0 aliphatic heterocycles. The minimum Gasteiger partial charge on any atom is -0.361 e. The van der Waals surface area contributed by atoms with Crippen LogP contribution in [0.5, 0.6) is 0 Å². The molecule has 136 valence electrons. The maximum Gasteiger partial charge on any atom is 0.235 e. The Morgan fingerprint density at radius 2 is 2.00 bits per heavy atom. The van der Waals surface area contributed by atoms with Gasteiger partial charge in [-0.1, -0.05) is 30.3 Å². The van der Waals surface area contributed by atoms with E-state index in [0.717, 1.165) is 50.6 Å². The van der Waals surface area contributed by atoms with Crippen LogP contribution in [0.1, 0.15) is 42.4 Å². The van der Waals surface area contributed by atoms with Crippen LogP contribution < -0.4 is 0 Å². The van der Waals surface area contributed by atoms with Crippen molar-refractivity contribution in [2.45, 2.75) is 40.5 Å². The number of fused-ring (bicyclic) bond motifs is 1. The maximum absolute atomic E-state index is 5.24. The fraction of sp³-hybridized carbons (Fsp3) is 0.471. The highest BCUT2D eigenvalue weighted by atomic mass is 32.1. The lowest BCUT2D eigenvalue weighted by Crippen LogP contribution is -2.00. The highest BCUT2D eigenvalue weighted by Gasteiger charge is 2.19. The van der Waals surface area contributed by atoms with Crippen molar-refractivity contribution in [3.05, 3.63) is 34.6 Å². The van der Waals surface area contributed by atoms with Crippen molar-refractivity contribution in [2.75, 3.05) is 0 Å². The predicted octanol–water partition coefficient (Wildman–Crippen LogP) is 2.98. The number of rotatable bonds is 5. The van der Waals surface area contributed by atoms with Crippen LogP contribution in [0, 0.1) is 19.8 Å². The Morgan fingerprint density at radius 1 is 1.19 bits per heavy atom. The average Bonchev–Trinajstić information content (AvgIpc) is 3.29. The molecular weight excluding hydrogens is 350 g/mol. The number of hydrogen-bond donors (Lipinski definition) is 0. The predicted molar refractivity (Wildman–Crippen MR) is 98.2 cm³/mol. The molecule has 0 atom stereocenters. The van der Waals surface area contributed by atoms with Crippen LogP contribution in [0.2, 0.25) is 0 Å². The van der Waals surface area contributed by atoms with Crippen molar-refractivity contribution in [1.82, 2.24) is 34.7 Å². The van der Waals surface area contributed by atoms with Gasteiger partial charge in [0.1, 0.15) is 5.76 Å². The van der Waals surface area contributed by atoms with Crippen LogP contribution >= 0.6 is 11.3 Å². The first-order valence-electron chi connectivity index (χ1n) is 8.58. The third-order valence-electron chi connectivity index (χ3n) is 4.34. The Balaban J connectivity index is 1.69. The topological polar surface area (TPSA) is 86.9 Å². The Morgan fingerprint density at radius 3 is 2.69 bits per heavy atom. The summed E-state index contributed by atoms with van der Waals surface area (Å²) in [5.41, 5.74) is 3.99. The van der Waals surface area contributed by atoms with Gasteiger partial charge in [-0.2, -0.15) is 14.7 Å². The molecule has 9 heteroatoms. The molecule has 0 saturated carbocycles. The van der Waals surface area contributed by atoms with E-state index in [-0.39, 0.29) is 0 Å². The van der Waals surface area contributed by atoms with E-state index < -0.39 is 0 Å². The second kappa shape index (κ2) is 6.31. The second-order valence-corrected chi connectivity index (χ2v) is 7.90. The van der Waals surface area contributed by atoms with Crippen LogP contribution in [0.3, 0.4) is 0 Å². The lowest BCUT2D eigenvalue weighted by atomic mass is 10.1. The molecule has 0 radical (unpaired) electrons. The number of hydrogen-bond acceptors (Lipinski definition) is 7. The number of aromatic nitrogens is 7. The quantitative estimate of drug-likeness (QED) is 0.536. The first-order valence-corrected chi connectivity index (χ1v) is 9.40. The Hall–Kier alpha value is -2.55. The molecule has 4 heterocycles. The second-order valence-electron chi connectivity index (χ2n) is 6.94. The summed E-state index contributed by atoms with van der Waals surface area (Å²) in [4.78, 5) is 0.772. The van der Waals surface area contributed by atoms with E-state index in [9.17, 15) is 0 Å². The third-order valence-corrected chi connectivity index (χ3v) is 5.26. The summed E-state index contributed by atoms with van der Waals surface area (Å²) in [5.74, 6) is 2.15. The van der Waals surface area contributed by atoms with E-state index in [1.807, 2.05) is 25.6 Å². The van der Waals surface area contributed by atoms with Gasteiger partial charge in [0, 0.05) is 19.0 Å². The highest BCUT2D eigenvalue weighted by molar-refractivity contribution is 7.19. The Kier molecular flexibility index (Phi) is 4.10. The molecule has 0 amide bonds. The molecule has 0 aliphatic rings. The Labute approximate surface area is 154 Å². The number of nitrogens with zero attached hydrogens (tertiary/aromatic N) is 7. The average molecular weight is 371 g/mol. The van der Waals surface area contributed by atoms with E-state index in [1.54, 1.807) is 4.52 Å². The van der Waals surface area contributed by atoms with E-state index in [0.29, 0.717) is 12.3 Å². The van der Waals surface area contributed by atoms with Crippen molar-refractivity contribution < 1.29 is 4.52 Å². The van der Waals surface area contributed by atoms with Gasteiger partial charge in [-0.25, -0.2) is 0 Å². The molecule has 4 rings (SSSR count). The lowest BCUT2D eigenvalue weighted by Gasteiger charge is -1.98. The van der Waals surface area contributed by atoms with Gasteiger partial charge in [0.15, 0.2) is 10.8 Å². The van der Waals surface area contributed by atoms with Crippen molar-refractivity contribution in [1.29, 1.82) is 0 Å². The zero-order valence-electron chi connectivity index (χ0n) is 15.5. The number of aryl methyl sites for hydroxylation is 3. The fourth-order valence-corrected chi connectivity index (χ4v) is 3.93. The molecule has 0 spiro atoms. The van der Waals surface area contributed by atoms with Gasteiger partial charge < -0.3 is 4.52 Å². The monoisotopic (exact) mass is 371 g/mol. The molecule has 0 bridgehead atoms. The first kappa shape index (κ1) is 16.9. The molecule has 8 nitrogen and oxygen atoms in total. The summed E-state index contributed by atoms with van der Waals surface area (Å²) in [6, 6.07) is 2.11. The SMILES string of the molecule is Cc1noc(C)c1Cc1nnc2sc(-c3cc(CC(C)C)nn3C)nn12.